The summed E-state index contributed by atoms with van der Waals surface area (Å²) in [5.74, 6) is 1.73. The minimum Gasteiger partial charge on any atom is -0.358 e. The smallest absolute Gasteiger partial charge is 0.317 e. The number of rotatable bonds is 3. The number of urea groups is 1. The van der Waals surface area contributed by atoms with Crippen LogP contribution in [0.15, 0.2) is 30.3 Å². The van der Waals surface area contributed by atoms with Crippen molar-refractivity contribution in [2.45, 2.75) is 25.8 Å². The first kappa shape index (κ1) is 14.4. The van der Waals surface area contributed by atoms with Crippen molar-refractivity contribution >= 4 is 22.8 Å². The molecule has 2 aliphatic heterocycles. The standard InChI is InChI=1S/C18H24N4O/c1-2-13-12-21(9-7-16(13)22-10-8-19-18(22)23)17-11-14-5-3-4-6-15(14)20-17/h3-6,11,13,16,20H,2,7-10,12H2,1H3,(H,19,23). The van der Waals surface area contributed by atoms with Crippen molar-refractivity contribution in [3.63, 3.8) is 0 Å². The van der Waals surface area contributed by atoms with E-state index in [-0.39, 0.29) is 6.03 Å². The molecule has 5 nitrogen and oxygen atoms in total. The molecule has 2 amide bonds. The zero-order valence-electron chi connectivity index (χ0n) is 13.6. The van der Waals surface area contributed by atoms with Gasteiger partial charge < -0.3 is 20.1 Å². The predicted octanol–water partition coefficient (Wildman–Crippen LogP) is 2.80. The van der Waals surface area contributed by atoms with Gasteiger partial charge in [0.05, 0.1) is 0 Å². The molecule has 0 bridgehead atoms. The number of aromatic amines is 1. The average molecular weight is 312 g/mol. The van der Waals surface area contributed by atoms with Crippen LogP contribution in [0.5, 0.6) is 0 Å². The van der Waals surface area contributed by atoms with Gasteiger partial charge in [0, 0.05) is 43.1 Å². The zero-order valence-corrected chi connectivity index (χ0v) is 13.6. The molecule has 23 heavy (non-hydrogen) atoms. The van der Waals surface area contributed by atoms with Crippen LogP contribution < -0.4 is 10.2 Å². The molecule has 2 saturated heterocycles. The third kappa shape index (κ3) is 2.54. The van der Waals surface area contributed by atoms with E-state index in [1.807, 2.05) is 0 Å². The molecule has 0 radical (unpaired) electrons. The van der Waals surface area contributed by atoms with Crippen LogP contribution in [0, 0.1) is 5.92 Å². The molecule has 3 heterocycles. The number of amides is 2. The molecule has 2 atom stereocenters. The molecule has 4 rings (SSSR count). The van der Waals surface area contributed by atoms with E-state index in [0.29, 0.717) is 12.0 Å². The lowest BCUT2D eigenvalue weighted by molar-refractivity contribution is 0.153. The Hall–Kier alpha value is -2.17. The fourth-order valence-corrected chi connectivity index (χ4v) is 4.08. The maximum Gasteiger partial charge on any atom is 0.317 e. The highest BCUT2D eigenvalue weighted by Gasteiger charge is 2.36. The number of nitrogens with zero attached hydrogens (tertiary/aromatic N) is 2. The summed E-state index contributed by atoms with van der Waals surface area (Å²) >= 11 is 0. The Balaban J connectivity index is 1.53. The number of fused-ring (bicyclic) bond motifs is 1. The van der Waals surface area contributed by atoms with Gasteiger partial charge in [-0.15, -0.1) is 0 Å². The zero-order chi connectivity index (χ0) is 15.8. The van der Waals surface area contributed by atoms with E-state index in [1.54, 1.807) is 0 Å². The minimum absolute atomic E-state index is 0.118. The van der Waals surface area contributed by atoms with Crippen LogP contribution >= 0.6 is 0 Å². The van der Waals surface area contributed by atoms with Gasteiger partial charge in [0.1, 0.15) is 5.82 Å². The molecule has 2 N–H and O–H groups in total. The van der Waals surface area contributed by atoms with Gasteiger partial charge in [0.2, 0.25) is 0 Å². The third-order valence-electron chi connectivity index (χ3n) is 5.36. The Morgan fingerprint density at radius 1 is 1.26 bits per heavy atom. The highest BCUT2D eigenvalue weighted by atomic mass is 16.2. The SMILES string of the molecule is CCC1CN(c2cc3ccccc3[nH]2)CCC1N1CCNC1=O. The summed E-state index contributed by atoms with van der Waals surface area (Å²) in [6.07, 6.45) is 2.15. The van der Waals surface area contributed by atoms with Gasteiger partial charge in [-0.1, -0.05) is 25.1 Å². The van der Waals surface area contributed by atoms with E-state index in [4.69, 9.17) is 0 Å². The molecule has 2 aromatic rings. The van der Waals surface area contributed by atoms with E-state index >= 15 is 0 Å². The quantitative estimate of drug-likeness (QED) is 0.915. The molecule has 122 valence electrons. The number of anilines is 1. The van der Waals surface area contributed by atoms with Crippen LogP contribution in [0.3, 0.4) is 0 Å². The molecule has 2 unspecified atom stereocenters. The topological polar surface area (TPSA) is 51.4 Å². The number of benzene rings is 1. The van der Waals surface area contributed by atoms with Crippen molar-refractivity contribution in [1.82, 2.24) is 15.2 Å². The lowest BCUT2D eigenvalue weighted by atomic mass is 9.89. The van der Waals surface area contributed by atoms with Crippen molar-refractivity contribution < 1.29 is 4.79 Å². The number of carbonyl (C=O) groups is 1. The highest BCUT2D eigenvalue weighted by Crippen LogP contribution is 2.30. The monoisotopic (exact) mass is 312 g/mol. The number of nitrogens with one attached hydrogen (secondary N) is 2. The first-order valence-electron chi connectivity index (χ1n) is 8.63. The molecule has 0 spiro atoms. The van der Waals surface area contributed by atoms with Gasteiger partial charge in [-0.25, -0.2) is 4.79 Å². The van der Waals surface area contributed by atoms with Crippen molar-refractivity contribution in [1.29, 1.82) is 0 Å². The van der Waals surface area contributed by atoms with Crippen molar-refractivity contribution in [3.8, 4) is 0 Å². The van der Waals surface area contributed by atoms with Crippen LogP contribution in [0.4, 0.5) is 10.6 Å². The fraction of sp³-hybridized carbons (Fsp3) is 0.500. The normalized spacial score (nSPS) is 25.2. The average Bonchev–Trinajstić information content (AvgIpc) is 3.20. The highest BCUT2D eigenvalue weighted by molar-refractivity contribution is 5.84. The second kappa shape index (κ2) is 5.80. The summed E-state index contributed by atoms with van der Waals surface area (Å²) in [6.45, 7) is 5.89. The Morgan fingerprint density at radius 3 is 2.87 bits per heavy atom. The second-order valence-corrected chi connectivity index (χ2v) is 6.64. The number of hydrogen-bond acceptors (Lipinski definition) is 2. The van der Waals surface area contributed by atoms with Crippen molar-refractivity contribution in [2.75, 3.05) is 31.1 Å². The Kier molecular flexibility index (Phi) is 3.63. The van der Waals surface area contributed by atoms with Gasteiger partial charge in [-0.05, 0) is 30.9 Å². The molecule has 0 saturated carbocycles. The molecule has 0 aliphatic carbocycles. The summed E-state index contributed by atoms with van der Waals surface area (Å²) < 4.78 is 0. The second-order valence-electron chi connectivity index (χ2n) is 6.64. The van der Waals surface area contributed by atoms with Crippen molar-refractivity contribution in [3.05, 3.63) is 30.3 Å². The number of para-hydroxylation sites is 1. The molecule has 1 aromatic heterocycles. The van der Waals surface area contributed by atoms with E-state index < -0.39 is 0 Å². The van der Waals surface area contributed by atoms with Crippen LogP contribution in [0.25, 0.3) is 10.9 Å². The Morgan fingerprint density at radius 2 is 2.13 bits per heavy atom. The number of hydrogen-bond donors (Lipinski definition) is 2. The number of carbonyl (C=O) groups excluding carboxylic acids is 1. The molecular weight excluding hydrogens is 288 g/mol. The molecule has 1 aromatic carbocycles. The Labute approximate surface area is 136 Å². The van der Waals surface area contributed by atoms with Gasteiger partial charge >= 0.3 is 6.03 Å². The summed E-state index contributed by atoms with van der Waals surface area (Å²) in [5, 5.41) is 4.20. The number of H-pyrrole nitrogens is 1. The fourth-order valence-electron chi connectivity index (χ4n) is 4.08. The van der Waals surface area contributed by atoms with E-state index in [0.717, 1.165) is 39.0 Å². The predicted molar refractivity (Wildman–Crippen MR) is 92.8 cm³/mol. The van der Waals surface area contributed by atoms with Gasteiger partial charge in [-0.3, -0.25) is 0 Å². The first-order valence-corrected chi connectivity index (χ1v) is 8.63. The van der Waals surface area contributed by atoms with E-state index in [1.165, 1.54) is 16.7 Å². The Bertz CT molecular complexity index is 677. The van der Waals surface area contributed by atoms with Crippen LogP contribution in [0.2, 0.25) is 0 Å². The van der Waals surface area contributed by atoms with Crippen LogP contribution in [-0.2, 0) is 0 Å². The maximum atomic E-state index is 12.0. The first-order chi connectivity index (χ1) is 11.3. The largest absolute Gasteiger partial charge is 0.358 e. The van der Waals surface area contributed by atoms with Gasteiger partial charge in [-0.2, -0.15) is 0 Å². The number of piperidine rings is 1. The van der Waals surface area contributed by atoms with Gasteiger partial charge in [0.25, 0.3) is 0 Å². The minimum atomic E-state index is 0.118. The summed E-state index contributed by atoms with van der Waals surface area (Å²) in [7, 11) is 0. The van der Waals surface area contributed by atoms with Gasteiger partial charge in [0.15, 0.2) is 0 Å². The maximum absolute atomic E-state index is 12.0. The summed E-state index contributed by atoms with van der Waals surface area (Å²) in [4.78, 5) is 20.0. The molecule has 5 heteroatoms. The lowest BCUT2D eigenvalue weighted by Gasteiger charge is -2.42. The van der Waals surface area contributed by atoms with Crippen LogP contribution in [0.1, 0.15) is 19.8 Å². The summed E-state index contributed by atoms with van der Waals surface area (Å²) in [5.41, 5.74) is 1.19. The lowest BCUT2D eigenvalue weighted by Crippen LogP contribution is -2.52. The van der Waals surface area contributed by atoms with E-state index in [2.05, 4.69) is 57.4 Å². The number of aromatic nitrogens is 1. The molecular formula is C18H24N4O. The molecule has 2 aliphatic rings. The summed E-state index contributed by atoms with van der Waals surface area (Å²) in [6, 6.07) is 11.1. The van der Waals surface area contributed by atoms with E-state index in [9.17, 15) is 4.79 Å². The van der Waals surface area contributed by atoms with Crippen molar-refractivity contribution in [2.24, 2.45) is 5.92 Å². The third-order valence-corrected chi connectivity index (χ3v) is 5.36. The van der Waals surface area contributed by atoms with Crippen LogP contribution in [-0.4, -0.2) is 48.1 Å². The molecule has 2 fully saturated rings.